The van der Waals surface area contributed by atoms with Crippen molar-refractivity contribution in [3.8, 4) is 0 Å². The summed E-state index contributed by atoms with van der Waals surface area (Å²) in [4.78, 5) is 0. The van der Waals surface area contributed by atoms with Crippen LogP contribution in [0.4, 0.5) is 0 Å². The number of nitrogens with one attached hydrogen (secondary N) is 2. The van der Waals surface area contributed by atoms with Crippen LogP contribution < -0.4 is 10.6 Å². The first-order chi connectivity index (χ1) is 18.1. The molecule has 0 fully saturated rings. The van der Waals surface area contributed by atoms with Gasteiger partial charge in [-0.1, -0.05) is 27.2 Å². The van der Waals surface area contributed by atoms with Gasteiger partial charge in [-0.15, -0.1) is 0 Å². The first kappa shape index (κ1) is 39.0. The maximum Gasteiger partial charge on any atom is 0.160 e. The van der Waals surface area contributed by atoms with Gasteiger partial charge in [-0.2, -0.15) is 11.8 Å². The summed E-state index contributed by atoms with van der Waals surface area (Å²) in [7, 11) is 1.65. The number of aliphatic hydroxyl groups excluding tert-OH is 4. The lowest BCUT2D eigenvalue weighted by atomic mass is 9.75. The third kappa shape index (κ3) is 18.2. The van der Waals surface area contributed by atoms with E-state index < -0.39 is 36.1 Å². The van der Waals surface area contributed by atoms with Crippen LogP contribution in [0.5, 0.6) is 0 Å². The number of rotatable bonds is 25. The minimum atomic E-state index is -1.42. The molecule has 0 rings (SSSR count). The second kappa shape index (κ2) is 20.0. The fourth-order valence-electron chi connectivity index (χ4n) is 4.17. The van der Waals surface area contributed by atoms with Crippen LogP contribution in [0.15, 0.2) is 0 Å². The molecule has 10 nitrogen and oxygen atoms in total. The number of unbranched alkanes of at least 4 members (excludes halogenated alkanes) is 1. The van der Waals surface area contributed by atoms with Crippen molar-refractivity contribution in [3.63, 3.8) is 0 Å². The van der Waals surface area contributed by atoms with Gasteiger partial charge < -0.3 is 39.7 Å². The van der Waals surface area contributed by atoms with Gasteiger partial charge in [0.15, 0.2) is 6.29 Å². The van der Waals surface area contributed by atoms with Gasteiger partial charge in [-0.05, 0) is 65.3 Å². The van der Waals surface area contributed by atoms with Crippen molar-refractivity contribution < 1.29 is 39.7 Å². The summed E-state index contributed by atoms with van der Waals surface area (Å²) in [6.07, 6.45) is 0.725. The second-order valence-electron chi connectivity index (χ2n) is 12.0. The topological polar surface area (TPSA) is 153 Å². The lowest BCUT2D eigenvalue weighted by molar-refractivity contribution is -0.138. The molecule has 0 bridgehead atoms. The summed E-state index contributed by atoms with van der Waals surface area (Å²) < 4.78 is 17.0. The summed E-state index contributed by atoms with van der Waals surface area (Å²) in [5, 5.41) is 56.2. The lowest BCUT2D eigenvalue weighted by Gasteiger charge is -2.39. The van der Waals surface area contributed by atoms with E-state index in [1.165, 1.54) is 11.8 Å². The first-order valence-corrected chi connectivity index (χ1v) is 15.5. The average Bonchev–Trinajstić information content (AvgIpc) is 2.85. The molecule has 11 heteroatoms. The monoisotopic (exact) mass is 584 g/mol. The Labute approximate surface area is 241 Å². The van der Waals surface area contributed by atoms with Crippen molar-refractivity contribution in [2.75, 3.05) is 45.0 Å². The van der Waals surface area contributed by atoms with Gasteiger partial charge in [-0.25, -0.2) is 0 Å². The summed E-state index contributed by atoms with van der Waals surface area (Å²) in [6, 6.07) is -0.304. The van der Waals surface area contributed by atoms with Gasteiger partial charge in [0.1, 0.15) is 12.5 Å². The molecular formula is C28H60N2O8S. The predicted octanol–water partition coefficient (Wildman–Crippen LogP) is 2.20. The van der Waals surface area contributed by atoms with E-state index in [1.54, 1.807) is 7.11 Å². The highest BCUT2D eigenvalue weighted by molar-refractivity contribution is 7.99. The molecule has 0 saturated heterocycles. The predicted molar refractivity (Wildman–Crippen MR) is 158 cm³/mol. The van der Waals surface area contributed by atoms with Crippen LogP contribution in [0.2, 0.25) is 0 Å². The molecule has 0 heterocycles. The maximum atomic E-state index is 11.2. The fraction of sp³-hybridized carbons (Fsp3) is 1.00. The zero-order chi connectivity index (χ0) is 30.1. The molecule has 7 N–H and O–H groups in total. The zero-order valence-corrected chi connectivity index (χ0v) is 26.6. The highest BCUT2D eigenvalue weighted by Crippen LogP contribution is 2.33. The Balaban J connectivity index is 4.52. The van der Waals surface area contributed by atoms with Crippen LogP contribution in [-0.4, -0.2) is 113 Å². The van der Waals surface area contributed by atoms with Crippen molar-refractivity contribution in [1.82, 2.24) is 10.6 Å². The molecule has 0 amide bonds. The number of hydrogen-bond acceptors (Lipinski definition) is 11. The summed E-state index contributed by atoms with van der Waals surface area (Å²) >= 11 is 1.24. The van der Waals surface area contributed by atoms with Gasteiger partial charge in [0, 0.05) is 31.1 Å². The van der Waals surface area contributed by atoms with E-state index in [2.05, 4.69) is 31.4 Å². The van der Waals surface area contributed by atoms with E-state index in [0.29, 0.717) is 45.0 Å². The van der Waals surface area contributed by atoms with Crippen molar-refractivity contribution in [3.05, 3.63) is 0 Å². The van der Waals surface area contributed by atoms with E-state index >= 15 is 0 Å². The van der Waals surface area contributed by atoms with E-state index in [1.807, 2.05) is 27.7 Å². The molecule has 0 radical (unpaired) electrons. The summed E-state index contributed by atoms with van der Waals surface area (Å²) in [5.41, 5.74) is -1.16. The minimum absolute atomic E-state index is 0.116. The largest absolute Gasteiger partial charge is 0.391 e. The van der Waals surface area contributed by atoms with Gasteiger partial charge in [0.2, 0.25) is 0 Å². The molecule has 0 spiro atoms. The molecule has 0 aromatic heterocycles. The van der Waals surface area contributed by atoms with E-state index in [9.17, 15) is 15.3 Å². The van der Waals surface area contributed by atoms with Crippen LogP contribution in [0, 0.1) is 5.41 Å². The van der Waals surface area contributed by atoms with Crippen molar-refractivity contribution in [2.24, 2.45) is 5.41 Å². The Kier molecular flexibility index (Phi) is 19.9. The van der Waals surface area contributed by atoms with Crippen molar-refractivity contribution in [1.29, 1.82) is 0 Å². The molecule has 0 aromatic rings. The number of ether oxygens (including phenoxy) is 3. The van der Waals surface area contributed by atoms with E-state index in [4.69, 9.17) is 24.4 Å². The molecule has 0 aliphatic carbocycles. The molecule has 0 aromatic carbocycles. The Morgan fingerprint density at radius 1 is 0.769 bits per heavy atom. The van der Waals surface area contributed by atoms with Crippen molar-refractivity contribution >= 4 is 11.8 Å². The molecule has 39 heavy (non-hydrogen) atoms. The Bertz CT molecular complexity index is 608. The first-order valence-electron chi connectivity index (χ1n) is 14.4. The van der Waals surface area contributed by atoms with Crippen LogP contribution in [0.3, 0.4) is 0 Å². The van der Waals surface area contributed by atoms with Gasteiger partial charge in [0.05, 0.1) is 37.1 Å². The van der Waals surface area contributed by atoms with E-state index in [-0.39, 0.29) is 17.2 Å². The van der Waals surface area contributed by atoms with Crippen LogP contribution >= 0.6 is 11.8 Å². The highest BCUT2D eigenvalue weighted by Gasteiger charge is 2.35. The molecule has 0 aliphatic heterocycles. The molecule has 4 unspecified atom stereocenters. The van der Waals surface area contributed by atoms with Crippen LogP contribution in [0.1, 0.15) is 87.0 Å². The maximum absolute atomic E-state index is 11.2. The third-order valence-corrected chi connectivity index (χ3v) is 8.25. The average molecular weight is 585 g/mol. The normalized spacial score (nSPS) is 16.5. The number of aliphatic hydroxyl groups is 5. The molecule has 0 aliphatic rings. The SMILES string of the molecule is CCC(C)(CC)C(O)C(CCCCNC(O)CCOC(C)(C)COC(C)(C)COC)NC(O)CSCC(O)O. The number of thioether (sulfide) groups is 1. The van der Waals surface area contributed by atoms with Crippen molar-refractivity contribution in [2.45, 2.75) is 129 Å². The lowest BCUT2D eigenvalue weighted by Crippen LogP contribution is -2.52. The Morgan fingerprint density at radius 2 is 1.38 bits per heavy atom. The quantitative estimate of drug-likeness (QED) is 0.0624. The highest BCUT2D eigenvalue weighted by atomic mass is 32.2. The smallest absolute Gasteiger partial charge is 0.160 e. The van der Waals surface area contributed by atoms with Crippen LogP contribution in [0.25, 0.3) is 0 Å². The van der Waals surface area contributed by atoms with Gasteiger partial charge in [0.25, 0.3) is 0 Å². The van der Waals surface area contributed by atoms with Gasteiger partial charge >= 0.3 is 0 Å². The standard InChI is InChI=1S/C28H60N2O8S/c1-9-28(7,10-2)25(35)21(30-23(32)17-39-18-24(33)34)13-11-12-15-29-22(31)14-16-37-27(5,6)20-38-26(3,4)19-36-8/h21-25,29-35H,9-20H2,1-8H3. The second-order valence-corrected chi connectivity index (χ2v) is 13.0. The Morgan fingerprint density at radius 3 is 1.95 bits per heavy atom. The minimum Gasteiger partial charge on any atom is -0.391 e. The fourth-order valence-corrected chi connectivity index (χ4v) is 4.84. The zero-order valence-electron chi connectivity index (χ0n) is 25.7. The molecule has 236 valence electrons. The summed E-state index contributed by atoms with van der Waals surface area (Å²) in [6.45, 7) is 16.0. The molecule has 4 atom stereocenters. The number of methoxy groups -OCH3 is 1. The summed E-state index contributed by atoms with van der Waals surface area (Å²) in [5.74, 6) is 0.407. The van der Waals surface area contributed by atoms with Crippen LogP contribution in [-0.2, 0) is 14.2 Å². The Hall–Kier alpha value is -0.0500. The van der Waals surface area contributed by atoms with E-state index in [0.717, 1.165) is 25.7 Å². The van der Waals surface area contributed by atoms with Gasteiger partial charge in [-0.3, -0.25) is 10.6 Å². The molecule has 0 saturated carbocycles. The third-order valence-electron chi connectivity index (χ3n) is 7.17. The number of hydrogen-bond donors (Lipinski definition) is 7. The molecular weight excluding hydrogens is 524 g/mol.